The Labute approximate surface area is 119 Å². The van der Waals surface area contributed by atoms with Crippen molar-refractivity contribution in [3.63, 3.8) is 0 Å². The van der Waals surface area contributed by atoms with E-state index in [0.717, 1.165) is 11.7 Å². The summed E-state index contributed by atoms with van der Waals surface area (Å²) in [6.45, 7) is 12.6. The summed E-state index contributed by atoms with van der Waals surface area (Å²) in [6, 6.07) is 0. The van der Waals surface area contributed by atoms with Crippen molar-refractivity contribution in [3.05, 3.63) is 33.4 Å². The normalized spacial score (nSPS) is 10.7. The molecule has 1 unspecified atom stereocenters. The Balaban J connectivity index is 0.00000256. The molecule has 0 aliphatic rings. The zero-order valence-electron chi connectivity index (χ0n) is 12.1. The van der Waals surface area contributed by atoms with E-state index < -0.39 is 0 Å². The number of carbonyl (C=O) groups excluding carboxylic acids is 1. The zero-order chi connectivity index (χ0) is 12.5. The summed E-state index contributed by atoms with van der Waals surface area (Å²) in [7, 11) is 0.409. The molecule has 0 aromatic heterocycles. The minimum atomic E-state index is 0. The van der Waals surface area contributed by atoms with Crippen LogP contribution in [0.1, 0.15) is 45.1 Å². The minimum absolute atomic E-state index is 0. The average Bonchev–Trinajstić information content (AvgIpc) is 2.24. The van der Waals surface area contributed by atoms with E-state index in [1.165, 1.54) is 27.8 Å². The molecular formula is C14H21LiOP. The Kier molecular flexibility index (Phi) is 6.71. The van der Waals surface area contributed by atoms with Crippen LogP contribution in [0.15, 0.2) is 0 Å². The first kappa shape index (κ1) is 16.9. The van der Waals surface area contributed by atoms with Crippen LogP contribution in [-0.4, -0.2) is 30.5 Å². The quantitative estimate of drug-likeness (QED) is 0.584. The van der Waals surface area contributed by atoms with Crippen molar-refractivity contribution in [1.82, 2.24) is 0 Å². The van der Waals surface area contributed by atoms with Crippen molar-refractivity contribution in [2.24, 2.45) is 0 Å². The monoisotopic (exact) mass is 243 g/mol. The molecule has 0 aliphatic heterocycles. The molecule has 0 saturated carbocycles. The number of hydrogen-bond acceptors (Lipinski definition) is 1. The second-order valence-corrected chi connectivity index (χ2v) is 5.87. The fraction of sp³-hybridized carbons (Fsp3) is 0.500. The first-order valence-electron chi connectivity index (χ1n) is 5.76. The Bertz CT molecular complexity index is 409. The maximum absolute atomic E-state index is 12.1. The van der Waals surface area contributed by atoms with E-state index in [-0.39, 0.29) is 18.9 Å². The fourth-order valence-corrected chi connectivity index (χ4v) is 2.96. The Morgan fingerprint density at radius 3 is 1.59 bits per heavy atom. The first-order chi connectivity index (χ1) is 7.41. The van der Waals surface area contributed by atoms with Crippen molar-refractivity contribution in [1.29, 1.82) is 0 Å². The van der Waals surface area contributed by atoms with Crippen molar-refractivity contribution in [2.75, 3.05) is 6.16 Å². The molecule has 89 valence electrons. The Morgan fingerprint density at radius 1 is 0.882 bits per heavy atom. The van der Waals surface area contributed by atoms with Gasteiger partial charge in [0.25, 0.3) is 0 Å². The maximum atomic E-state index is 12.1. The molecule has 1 aromatic rings. The van der Waals surface area contributed by atoms with Gasteiger partial charge in [0.1, 0.15) is 0 Å². The summed E-state index contributed by atoms with van der Waals surface area (Å²) in [6.07, 6.45) is 0.948. The van der Waals surface area contributed by atoms with Crippen LogP contribution in [0.4, 0.5) is 0 Å². The van der Waals surface area contributed by atoms with E-state index in [0.29, 0.717) is 14.1 Å². The van der Waals surface area contributed by atoms with Gasteiger partial charge in [-0.3, -0.25) is 4.79 Å². The predicted octanol–water partition coefficient (Wildman–Crippen LogP) is 3.69. The predicted molar refractivity (Wildman–Crippen MR) is 79.1 cm³/mol. The standard InChI is InChI=1S/C14H21OP.Li/c1-7-16-14(15)13-11(5)9(3)8(2)10(4)12(13)6;/h16H,7H2,1-6H3;. The van der Waals surface area contributed by atoms with Gasteiger partial charge in [-0.1, -0.05) is 6.92 Å². The van der Waals surface area contributed by atoms with Gasteiger partial charge in [-0.25, -0.2) is 0 Å². The molecule has 1 nitrogen and oxygen atoms in total. The Hall–Kier alpha value is -0.0826. The van der Waals surface area contributed by atoms with E-state index >= 15 is 0 Å². The van der Waals surface area contributed by atoms with Crippen molar-refractivity contribution < 1.29 is 4.79 Å². The second kappa shape index (κ2) is 6.74. The number of hydrogen-bond donors (Lipinski definition) is 0. The van der Waals surface area contributed by atoms with Gasteiger partial charge in [-0.15, -0.1) is 0 Å². The maximum Gasteiger partial charge on any atom is 0.181 e. The molecule has 1 radical (unpaired) electrons. The van der Waals surface area contributed by atoms with Gasteiger partial charge in [-0.05, 0) is 77.2 Å². The molecule has 0 N–H and O–H groups in total. The molecule has 1 aromatic carbocycles. The minimum Gasteiger partial charge on any atom is -0.289 e. The van der Waals surface area contributed by atoms with E-state index in [4.69, 9.17) is 0 Å². The van der Waals surface area contributed by atoms with E-state index in [9.17, 15) is 4.79 Å². The van der Waals surface area contributed by atoms with Crippen LogP contribution in [0.3, 0.4) is 0 Å². The topological polar surface area (TPSA) is 17.1 Å². The fourth-order valence-electron chi connectivity index (χ4n) is 2.09. The average molecular weight is 243 g/mol. The molecule has 1 atom stereocenters. The number of carbonyl (C=O) groups is 1. The van der Waals surface area contributed by atoms with Gasteiger partial charge < -0.3 is 0 Å². The van der Waals surface area contributed by atoms with E-state index in [1.807, 2.05) is 0 Å². The third-order valence-electron chi connectivity index (χ3n) is 3.56. The molecule has 0 heterocycles. The van der Waals surface area contributed by atoms with Crippen LogP contribution in [0.2, 0.25) is 0 Å². The molecule has 1 rings (SSSR count). The number of benzene rings is 1. The first-order valence-corrected chi connectivity index (χ1v) is 6.97. The summed E-state index contributed by atoms with van der Waals surface area (Å²) in [4.78, 5) is 12.1. The zero-order valence-corrected chi connectivity index (χ0v) is 13.1. The van der Waals surface area contributed by atoms with Crippen LogP contribution in [-0.2, 0) is 0 Å². The third kappa shape index (κ3) is 3.23. The second-order valence-electron chi connectivity index (χ2n) is 4.36. The largest absolute Gasteiger partial charge is 0.289 e. The molecular weight excluding hydrogens is 222 g/mol. The molecule has 17 heavy (non-hydrogen) atoms. The van der Waals surface area contributed by atoms with E-state index in [2.05, 4.69) is 41.5 Å². The number of rotatable bonds is 3. The third-order valence-corrected chi connectivity index (χ3v) is 4.49. The van der Waals surface area contributed by atoms with Gasteiger partial charge in [0.05, 0.1) is 0 Å². The van der Waals surface area contributed by atoms with E-state index in [1.54, 1.807) is 0 Å². The SMILES string of the molecule is CCPC(=O)c1c(C)c(C)c(C)c(C)c1C.[Li]. The summed E-state index contributed by atoms with van der Waals surface area (Å²) in [5.74, 6) is 0. The van der Waals surface area contributed by atoms with Gasteiger partial charge in [0.15, 0.2) is 5.52 Å². The van der Waals surface area contributed by atoms with Crippen LogP contribution in [0, 0.1) is 34.6 Å². The summed E-state index contributed by atoms with van der Waals surface area (Å²) in [5, 5.41) is 0. The molecule has 0 amide bonds. The van der Waals surface area contributed by atoms with Crippen molar-refractivity contribution in [3.8, 4) is 0 Å². The van der Waals surface area contributed by atoms with Gasteiger partial charge in [-0.2, -0.15) is 0 Å². The summed E-state index contributed by atoms with van der Waals surface area (Å²) >= 11 is 0. The van der Waals surface area contributed by atoms with Crippen molar-refractivity contribution in [2.45, 2.75) is 41.5 Å². The molecule has 0 saturated heterocycles. The molecule has 0 bridgehead atoms. The summed E-state index contributed by atoms with van der Waals surface area (Å²) in [5.41, 5.74) is 7.51. The van der Waals surface area contributed by atoms with Gasteiger partial charge >= 0.3 is 0 Å². The molecule has 0 aliphatic carbocycles. The van der Waals surface area contributed by atoms with Crippen LogP contribution < -0.4 is 0 Å². The van der Waals surface area contributed by atoms with Gasteiger partial charge in [0.2, 0.25) is 0 Å². The van der Waals surface area contributed by atoms with Crippen LogP contribution >= 0.6 is 8.58 Å². The van der Waals surface area contributed by atoms with Gasteiger partial charge in [0, 0.05) is 24.4 Å². The van der Waals surface area contributed by atoms with Crippen LogP contribution in [0.25, 0.3) is 0 Å². The van der Waals surface area contributed by atoms with Crippen LogP contribution in [0.5, 0.6) is 0 Å². The molecule has 0 spiro atoms. The summed E-state index contributed by atoms with van der Waals surface area (Å²) < 4.78 is 0. The Morgan fingerprint density at radius 2 is 1.24 bits per heavy atom. The molecule has 0 fully saturated rings. The molecule has 3 heteroatoms. The smallest absolute Gasteiger partial charge is 0.181 e. The van der Waals surface area contributed by atoms with Crippen molar-refractivity contribution >= 4 is 33.0 Å².